The molecule has 0 aromatic carbocycles. The predicted molar refractivity (Wildman–Crippen MR) is 68.6 cm³/mol. The summed E-state index contributed by atoms with van der Waals surface area (Å²) in [5.74, 6) is 0.936. The van der Waals surface area contributed by atoms with Crippen LogP contribution < -0.4 is 5.73 Å². The number of carbonyl (C=O) groups excluding carboxylic acids is 1. The lowest BCUT2D eigenvalue weighted by Crippen LogP contribution is -2.43. The van der Waals surface area contributed by atoms with Crippen LogP contribution in [0, 0.1) is 11.8 Å². The molecule has 4 nitrogen and oxygen atoms in total. The highest BCUT2D eigenvalue weighted by atomic mass is 16.5. The van der Waals surface area contributed by atoms with Crippen LogP contribution in [-0.4, -0.2) is 43.7 Å². The zero-order valence-corrected chi connectivity index (χ0v) is 11.3. The Morgan fingerprint density at radius 2 is 2.12 bits per heavy atom. The predicted octanol–water partition coefficient (Wildman–Crippen LogP) is 1.24. The molecule has 2 N–H and O–H groups in total. The Bertz CT molecular complexity index is 236. The first-order chi connectivity index (χ1) is 8.08. The average molecular weight is 242 g/mol. The van der Waals surface area contributed by atoms with E-state index in [1.165, 1.54) is 0 Å². The molecule has 0 saturated heterocycles. The van der Waals surface area contributed by atoms with Crippen molar-refractivity contribution in [2.45, 2.75) is 39.2 Å². The van der Waals surface area contributed by atoms with Crippen LogP contribution in [-0.2, 0) is 9.53 Å². The second-order valence-corrected chi connectivity index (χ2v) is 5.18. The Labute approximate surface area is 104 Å². The third-order valence-electron chi connectivity index (χ3n) is 3.59. The third kappa shape index (κ3) is 4.28. The van der Waals surface area contributed by atoms with E-state index < -0.39 is 0 Å². The number of likely N-dealkylation sites (N-methyl/N-ethyl adjacent to an activating group) is 1. The van der Waals surface area contributed by atoms with E-state index in [1.807, 2.05) is 11.8 Å². The van der Waals surface area contributed by atoms with Crippen LogP contribution in [0.3, 0.4) is 0 Å². The van der Waals surface area contributed by atoms with Gasteiger partial charge in [0.15, 0.2) is 0 Å². The molecule has 1 aliphatic rings. The molecule has 0 bridgehead atoms. The van der Waals surface area contributed by atoms with Crippen molar-refractivity contribution in [1.29, 1.82) is 0 Å². The highest BCUT2D eigenvalue weighted by Crippen LogP contribution is 2.29. The first-order valence-corrected chi connectivity index (χ1v) is 6.61. The fraction of sp³-hybridized carbons (Fsp3) is 0.923. The summed E-state index contributed by atoms with van der Waals surface area (Å²) in [5, 5.41) is 0. The molecule has 1 fully saturated rings. The summed E-state index contributed by atoms with van der Waals surface area (Å²) in [5.41, 5.74) is 6.00. The largest absolute Gasteiger partial charge is 0.383 e. The minimum absolute atomic E-state index is 0.116. The molecule has 0 spiro atoms. The molecular formula is C13H26N2O2. The van der Waals surface area contributed by atoms with Gasteiger partial charge in [-0.25, -0.2) is 0 Å². The van der Waals surface area contributed by atoms with Gasteiger partial charge in [0.2, 0.25) is 5.91 Å². The Morgan fingerprint density at radius 1 is 1.41 bits per heavy atom. The number of methoxy groups -OCH3 is 1. The van der Waals surface area contributed by atoms with Crippen molar-refractivity contribution in [3.8, 4) is 0 Å². The number of nitrogens with zero attached hydrogens (tertiary/aromatic N) is 1. The molecule has 1 amide bonds. The van der Waals surface area contributed by atoms with Crippen LogP contribution in [0.25, 0.3) is 0 Å². The summed E-state index contributed by atoms with van der Waals surface area (Å²) in [6.45, 7) is 6.24. The van der Waals surface area contributed by atoms with E-state index in [2.05, 4.69) is 6.92 Å². The van der Waals surface area contributed by atoms with Crippen LogP contribution in [0.2, 0.25) is 0 Å². The van der Waals surface area contributed by atoms with Crippen LogP contribution in [0.5, 0.6) is 0 Å². The van der Waals surface area contributed by atoms with Crippen molar-refractivity contribution in [3.05, 3.63) is 0 Å². The number of rotatable bonds is 5. The van der Waals surface area contributed by atoms with E-state index >= 15 is 0 Å². The zero-order chi connectivity index (χ0) is 12.8. The van der Waals surface area contributed by atoms with Crippen molar-refractivity contribution in [2.24, 2.45) is 17.6 Å². The maximum absolute atomic E-state index is 12.3. The van der Waals surface area contributed by atoms with Crippen molar-refractivity contribution < 1.29 is 9.53 Å². The van der Waals surface area contributed by atoms with Gasteiger partial charge in [-0.2, -0.15) is 0 Å². The van der Waals surface area contributed by atoms with E-state index in [-0.39, 0.29) is 17.9 Å². The molecule has 0 radical (unpaired) electrons. The van der Waals surface area contributed by atoms with Gasteiger partial charge in [0.25, 0.3) is 0 Å². The first-order valence-electron chi connectivity index (χ1n) is 6.61. The maximum Gasteiger partial charge on any atom is 0.225 e. The Balaban J connectivity index is 2.54. The van der Waals surface area contributed by atoms with E-state index in [0.717, 1.165) is 25.8 Å². The topological polar surface area (TPSA) is 55.6 Å². The van der Waals surface area contributed by atoms with Gasteiger partial charge in [0, 0.05) is 32.2 Å². The van der Waals surface area contributed by atoms with E-state index in [0.29, 0.717) is 19.1 Å². The molecule has 0 aliphatic heterocycles. The smallest absolute Gasteiger partial charge is 0.225 e. The van der Waals surface area contributed by atoms with Crippen molar-refractivity contribution in [1.82, 2.24) is 4.90 Å². The van der Waals surface area contributed by atoms with Crippen LogP contribution in [0.1, 0.15) is 33.1 Å². The highest BCUT2D eigenvalue weighted by molar-refractivity contribution is 5.79. The monoisotopic (exact) mass is 242 g/mol. The standard InChI is InChI=1S/C13H26N2O2/c1-4-15(5-6-17-3)13(16)11-7-10(2)8-12(14)9-11/h10-12H,4-9,14H2,1-3H3. The number of nitrogens with two attached hydrogens (primary N) is 1. The molecule has 1 saturated carbocycles. The molecule has 1 rings (SSSR count). The van der Waals surface area contributed by atoms with Gasteiger partial charge in [-0.1, -0.05) is 6.92 Å². The Hall–Kier alpha value is -0.610. The molecule has 3 unspecified atom stereocenters. The van der Waals surface area contributed by atoms with Crippen molar-refractivity contribution >= 4 is 5.91 Å². The van der Waals surface area contributed by atoms with Crippen LogP contribution in [0.4, 0.5) is 0 Å². The van der Waals surface area contributed by atoms with Gasteiger partial charge in [-0.15, -0.1) is 0 Å². The van der Waals surface area contributed by atoms with Gasteiger partial charge in [-0.05, 0) is 32.1 Å². The SMILES string of the molecule is CCN(CCOC)C(=O)C1CC(C)CC(N)C1. The normalized spacial score (nSPS) is 29.1. The number of carbonyl (C=O) groups is 1. The lowest BCUT2D eigenvalue weighted by Gasteiger charge is -2.33. The van der Waals surface area contributed by atoms with Crippen molar-refractivity contribution in [2.75, 3.05) is 26.8 Å². The summed E-state index contributed by atoms with van der Waals surface area (Å²) in [6, 6.07) is 0.189. The third-order valence-corrected chi connectivity index (χ3v) is 3.59. The molecule has 4 heteroatoms. The summed E-state index contributed by atoms with van der Waals surface area (Å²) in [6.07, 6.45) is 2.87. The lowest BCUT2D eigenvalue weighted by atomic mass is 9.79. The number of amides is 1. The summed E-state index contributed by atoms with van der Waals surface area (Å²) in [7, 11) is 1.66. The molecule has 0 aromatic rings. The fourth-order valence-electron chi connectivity index (χ4n) is 2.74. The van der Waals surface area contributed by atoms with Crippen molar-refractivity contribution in [3.63, 3.8) is 0 Å². The minimum Gasteiger partial charge on any atom is -0.383 e. The summed E-state index contributed by atoms with van der Waals surface area (Å²) >= 11 is 0. The van der Waals surface area contributed by atoms with Crippen LogP contribution in [0.15, 0.2) is 0 Å². The molecule has 0 heterocycles. The highest BCUT2D eigenvalue weighted by Gasteiger charge is 2.31. The summed E-state index contributed by atoms with van der Waals surface area (Å²) in [4.78, 5) is 14.2. The fourth-order valence-corrected chi connectivity index (χ4v) is 2.74. The van der Waals surface area contributed by atoms with Gasteiger partial charge >= 0.3 is 0 Å². The summed E-state index contributed by atoms with van der Waals surface area (Å²) < 4.78 is 5.04. The minimum atomic E-state index is 0.116. The lowest BCUT2D eigenvalue weighted by molar-refractivity contribution is -0.137. The molecule has 100 valence electrons. The zero-order valence-electron chi connectivity index (χ0n) is 11.3. The van der Waals surface area contributed by atoms with E-state index in [1.54, 1.807) is 7.11 Å². The molecule has 3 atom stereocenters. The van der Waals surface area contributed by atoms with Gasteiger partial charge in [-0.3, -0.25) is 4.79 Å². The van der Waals surface area contributed by atoms with Gasteiger partial charge < -0.3 is 15.4 Å². The van der Waals surface area contributed by atoms with Crippen LogP contribution >= 0.6 is 0 Å². The van der Waals surface area contributed by atoms with Gasteiger partial charge in [0.1, 0.15) is 0 Å². The maximum atomic E-state index is 12.3. The number of hydrogen-bond donors (Lipinski definition) is 1. The Kier molecular flexibility index (Phi) is 5.92. The molecule has 1 aliphatic carbocycles. The van der Waals surface area contributed by atoms with E-state index in [4.69, 9.17) is 10.5 Å². The van der Waals surface area contributed by atoms with Gasteiger partial charge in [0.05, 0.1) is 6.61 Å². The second-order valence-electron chi connectivity index (χ2n) is 5.18. The molecule has 17 heavy (non-hydrogen) atoms. The average Bonchev–Trinajstić information content (AvgIpc) is 2.28. The van der Waals surface area contributed by atoms with E-state index in [9.17, 15) is 4.79 Å². The first kappa shape index (κ1) is 14.5. The second kappa shape index (κ2) is 6.97. The number of hydrogen-bond acceptors (Lipinski definition) is 3. The molecular weight excluding hydrogens is 216 g/mol. The molecule has 0 aromatic heterocycles. The number of ether oxygens (including phenoxy) is 1. The Morgan fingerprint density at radius 3 is 2.65 bits per heavy atom. The quantitative estimate of drug-likeness (QED) is 0.789.